The van der Waals surface area contributed by atoms with Crippen LogP contribution in [0, 0.1) is 11.2 Å². The molecule has 1 aromatic carbocycles. The second-order valence-electron chi connectivity index (χ2n) is 9.57. The molecule has 0 spiro atoms. The Morgan fingerprint density at radius 2 is 1.85 bits per heavy atom. The van der Waals surface area contributed by atoms with Crippen molar-refractivity contribution in [1.82, 2.24) is 10.3 Å². The summed E-state index contributed by atoms with van der Waals surface area (Å²) in [5, 5.41) is 3.09. The van der Waals surface area contributed by atoms with Gasteiger partial charge in [0, 0.05) is 19.2 Å². The molecule has 0 saturated heterocycles. The highest BCUT2D eigenvalue weighted by atomic mass is 32.2. The van der Waals surface area contributed by atoms with Gasteiger partial charge in [0.25, 0.3) is 5.91 Å². The predicted octanol–water partition coefficient (Wildman–Crippen LogP) is 5.15. The summed E-state index contributed by atoms with van der Waals surface area (Å²) in [6.07, 6.45) is 3.19. The lowest BCUT2D eigenvalue weighted by Crippen LogP contribution is -2.33. The van der Waals surface area contributed by atoms with Crippen molar-refractivity contribution < 1.29 is 22.0 Å². The van der Waals surface area contributed by atoms with Crippen molar-refractivity contribution in [3.05, 3.63) is 47.3 Å². The Balaban J connectivity index is 2.20. The number of carbonyl (C=O) groups is 1. The Hall–Kier alpha value is -2.94. The molecular weight excluding hydrogens is 457 g/mol. The van der Waals surface area contributed by atoms with Crippen LogP contribution < -0.4 is 9.62 Å². The summed E-state index contributed by atoms with van der Waals surface area (Å²) in [4.78, 5) is 17.4. The van der Waals surface area contributed by atoms with E-state index in [4.69, 9.17) is 4.42 Å². The molecule has 0 atom stereocenters. The van der Waals surface area contributed by atoms with Crippen LogP contribution in [0.4, 0.5) is 10.2 Å². The summed E-state index contributed by atoms with van der Waals surface area (Å²) in [7, 11) is -2.10. The van der Waals surface area contributed by atoms with Gasteiger partial charge in [0.1, 0.15) is 17.4 Å². The van der Waals surface area contributed by atoms with Gasteiger partial charge in [0.15, 0.2) is 0 Å². The lowest BCUT2D eigenvalue weighted by atomic mass is 9.91. The fraction of sp³-hybridized carbons (Fsp3) is 0.440. The molecule has 0 aliphatic heterocycles. The first-order chi connectivity index (χ1) is 15.9. The molecule has 1 amide bonds. The number of hydrogen-bond donors (Lipinski definition) is 1. The van der Waals surface area contributed by atoms with Gasteiger partial charge in [-0.25, -0.2) is 12.8 Å². The number of benzene rings is 1. The Labute approximate surface area is 200 Å². The van der Waals surface area contributed by atoms with Crippen molar-refractivity contribution in [2.24, 2.45) is 5.41 Å². The molecule has 3 rings (SSSR count). The maximum Gasteiger partial charge on any atom is 0.255 e. The third-order valence-corrected chi connectivity index (χ3v) is 6.76. The number of pyridine rings is 1. The molecular formula is C25H32FN3O4S. The fourth-order valence-electron chi connectivity index (χ4n) is 3.87. The monoisotopic (exact) mass is 489 g/mol. The number of sulfonamides is 1. The van der Waals surface area contributed by atoms with Crippen LogP contribution in [0.1, 0.15) is 56.5 Å². The van der Waals surface area contributed by atoms with Crippen molar-refractivity contribution in [3.63, 3.8) is 0 Å². The topological polar surface area (TPSA) is 92.5 Å². The number of furan rings is 1. The molecule has 0 saturated carbocycles. The van der Waals surface area contributed by atoms with Gasteiger partial charge in [-0.05, 0) is 60.6 Å². The molecule has 3 aromatic rings. The highest BCUT2D eigenvalue weighted by Gasteiger charge is 2.27. The third kappa shape index (κ3) is 5.58. The zero-order valence-electron chi connectivity index (χ0n) is 20.5. The molecule has 2 heterocycles. The first-order valence-corrected chi connectivity index (χ1v) is 13.1. The number of rotatable bonds is 8. The van der Waals surface area contributed by atoms with Crippen molar-refractivity contribution in [1.29, 1.82) is 0 Å². The van der Waals surface area contributed by atoms with E-state index in [1.54, 1.807) is 6.07 Å². The van der Waals surface area contributed by atoms with E-state index in [9.17, 15) is 17.6 Å². The molecule has 184 valence electrons. The first-order valence-electron chi connectivity index (χ1n) is 11.3. The maximum absolute atomic E-state index is 13.5. The number of aromatic nitrogens is 1. The van der Waals surface area contributed by atoms with E-state index in [-0.39, 0.29) is 34.9 Å². The summed E-state index contributed by atoms with van der Waals surface area (Å²) in [5.41, 5.74) is 1.70. The SMILES string of the molecule is CCc1cc2c(C(=O)NC)c(-c3ccc(F)cc3)oc2nc1N(CCCC(C)(C)C)S(C)(=O)=O. The van der Waals surface area contributed by atoms with Crippen molar-refractivity contribution in [3.8, 4) is 11.3 Å². The van der Waals surface area contributed by atoms with Gasteiger partial charge in [0.05, 0.1) is 17.2 Å². The highest BCUT2D eigenvalue weighted by molar-refractivity contribution is 7.92. The van der Waals surface area contributed by atoms with Crippen LogP contribution in [0.15, 0.2) is 34.7 Å². The van der Waals surface area contributed by atoms with E-state index in [0.717, 1.165) is 12.7 Å². The summed E-state index contributed by atoms with van der Waals surface area (Å²) >= 11 is 0. The van der Waals surface area contributed by atoms with E-state index in [2.05, 4.69) is 31.1 Å². The highest BCUT2D eigenvalue weighted by Crippen LogP contribution is 2.36. The van der Waals surface area contributed by atoms with Crippen LogP contribution in [-0.2, 0) is 16.4 Å². The van der Waals surface area contributed by atoms with Crippen LogP contribution in [0.2, 0.25) is 0 Å². The van der Waals surface area contributed by atoms with E-state index in [1.165, 1.54) is 35.6 Å². The molecule has 0 aliphatic carbocycles. The predicted molar refractivity (Wildman–Crippen MR) is 133 cm³/mol. The molecule has 2 aromatic heterocycles. The normalized spacial score (nSPS) is 12.2. The summed E-state index contributed by atoms with van der Waals surface area (Å²) in [6, 6.07) is 7.38. The molecule has 1 N–H and O–H groups in total. The fourth-order valence-corrected chi connectivity index (χ4v) is 4.80. The number of nitrogens with one attached hydrogen (secondary N) is 1. The Morgan fingerprint density at radius 1 is 1.21 bits per heavy atom. The number of carbonyl (C=O) groups excluding carboxylic acids is 1. The van der Waals surface area contributed by atoms with Crippen LogP contribution in [0.3, 0.4) is 0 Å². The number of fused-ring (bicyclic) bond motifs is 1. The number of nitrogens with zero attached hydrogens (tertiary/aromatic N) is 2. The minimum Gasteiger partial charge on any atom is -0.437 e. The maximum atomic E-state index is 13.5. The summed E-state index contributed by atoms with van der Waals surface area (Å²) in [6.45, 7) is 8.52. The minimum absolute atomic E-state index is 0.0711. The number of anilines is 1. The van der Waals surface area contributed by atoms with Crippen LogP contribution in [-0.4, -0.2) is 39.2 Å². The van der Waals surface area contributed by atoms with Gasteiger partial charge < -0.3 is 9.73 Å². The standard InChI is InChI=1S/C25H32FN3O4S/c1-7-16-15-19-20(23(30)27-5)21(17-9-11-18(26)12-10-17)33-24(19)28-22(16)29(34(6,31)32)14-8-13-25(2,3)4/h9-12,15H,7-8,13-14H2,1-6H3,(H,27,30). The lowest BCUT2D eigenvalue weighted by molar-refractivity contribution is 0.0964. The quantitative estimate of drug-likeness (QED) is 0.472. The zero-order chi connectivity index (χ0) is 25.3. The van der Waals surface area contributed by atoms with Crippen LogP contribution in [0.5, 0.6) is 0 Å². The van der Waals surface area contributed by atoms with E-state index in [1.807, 2.05) is 6.92 Å². The molecule has 7 nitrogen and oxygen atoms in total. The van der Waals surface area contributed by atoms with Crippen molar-refractivity contribution in [2.75, 3.05) is 24.2 Å². The van der Waals surface area contributed by atoms with E-state index < -0.39 is 15.8 Å². The zero-order valence-corrected chi connectivity index (χ0v) is 21.3. The molecule has 34 heavy (non-hydrogen) atoms. The average Bonchev–Trinajstić information content (AvgIpc) is 3.12. The molecule has 0 aliphatic rings. The lowest BCUT2D eigenvalue weighted by Gasteiger charge is -2.25. The molecule has 0 bridgehead atoms. The van der Waals surface area contributed by atoms with E-state index in [0.29, 0.717) is 35.2 Å². The van der Waals surface area contributed by atoms with Gasteiger partial charge in [-0.1, -0.05) is 27.7 Å². The van der Waals surface area contributed by atoms with Crippen LogP contribution >= 0.6 is 0 Å². The molecule has 0 unspecified atom stereocenters. The average molecular weight is 490 g/mol. The Bertz CT molecular complexity index is 1290. The summed E-state index contributed by atoms with van der Waals surface area (Å²) < 4.78 is 46.2. The molecule has 9 heteroatoms. The summed E-state index contributed by atoms with van der Waals surface area (Å²) in [5.74, 6) is -0.233. The third-order valence-electron chi connectivity index (χ3n) is 5.60. The Morgan fingerprint density at radius 3 is 2.38 bits per heavy atom. The second kappa shape index (κ2) is 9.74. The molecule has 0 fully saturated rings. The Kier molecular flexibility index (Phi) is 7.35. The minimum atomic E-state index is -3.61. The smallest absolute Gasteiger partial charge is 0.255 e. The first kappa shape index (κ1) is 25.7. The van der Waals surface area contributed by atoms with Crippen molar-refractivity contribution in [2.45, 2.75) is 47.0 Å². The number of aryl methyl sites for hydroxylation is 1. The van der Waals surface area contributed by atoms with Gasteiger partial charge in [-0.3, -0.25) is 9.10 Å². The molecule has 0 radical (unpaired) electrons. The van der Waals surface area contributed by atoms with Gasteiger partial charge in [0.2, 0.25) is 15.7 Å². The second-order valence-corrected chi connectivity index (χ2v) is 11.5. The number of amides is 1. The van der Waals surface area contributed by atoms with Gasteiger partial charge in [-0.2, -0.15) is 4.98 Å². The van der Waals surface area contributed by atoms with E-state index >= 15 is 0 Å². The van der Waals surface area contributed by atoms with Gasteiger partial charge >= 0.3 is 0 Å². The van der Waals surface area contributed by atoms with Crippen LogP contribution in [0.25, 0.3) is 22.4 Å². The van der Waals surface area contributed by atoms with Gasteiger partial charge in [-0.15, -0.1) is 0 Å². The van der Waals surface area contributed by atoms with Crippen molar-refractivity contribution >= 4 is 32.8 Å². The number of halogens is 1. The largest absolute Gasteiger partial charge is 0.437 e. The number of hydrogen-bond acceptors (Lipinski definition) is 5.